The zero-order chi connectivity index (χ0) is 35.1. The summed E-state index contributed by atoms with van der Waals surface area (Å²) in [4.78, 5) is 48.3. The standard InChI is InChI=1S/C36H48N4O8S/c1-5-47-31-18-30(25-13-14-29(46-4)22(2)32(25)38-31)48-24-17-27-28(41)20-36(34(43)39-49(44,45)35(3)15-16-35)19-23(36)11-9-7-6-8-10-12-26(37)33(42)40(27)21-24/h9,11,13-14,18,23-24,26-27H,5-8,10,12,15-17,19-21,37H2,1-4H3,(H,39,43)/p+1/b11-9-/t23-,24+,26-,27-,36+/m0/s1. The molecule has 0 spiro atoms. The number of fused-ring (bicyclic) bond motifs is 3. The lowest BCUT2D eigenvalue weighted by atomic mass is 9.91. The van der Waals surface area contributed by atoms with Crippen molar-refractivity contribution < 1.29 is 42.7 Å². The van der Waals surface area contributed by atoms with E-state index in [1.807, 2.05) is 38.1 Å². The highest BCUT2D eigenvalue weighted by Gasteiger charge is 2.62. The van der Waals surface area contributed by atoms with Crippen molar-refractivity contribution >= 4 is 38.5 Å². The summed E-state index contributed by atoms with van der Waals surface area (Å²) in [5, 5.41) is 0.743. The summed E-state index contributed by atoms with van der Waals surface area (Å²) < 4.78 is 45.4. The fourth-order valence-electron chi connectivity index (χ4n) is 7.31. The van der Waals surface area contributed by atoms with E-state index in [-0.39, 0.29) is 37.0 Å². The number of pyridine rings is 1. The minimum Gasteiger partial charge on any atom is -0.496 e. The van der Waals surface area contributed by atoms with Gasteiger partial charge in [0.05, 0.1) is 42.0 Å². The summed E-state index contributed by atoms with van der Waals surface area (Å²) in [5.41, 5.74) is 4.47. The molecule has 1 saturated heterocycles. The van der Waals surface area contributed by atoms with Crippen LogP contribution in [0.25, 0.3) is 10.9 Å². The van der Waals surface area contributed by atoms with E-state index >= 15 is 0 Å². The number of aromatic nitrogens is 1. The number of aryl methyl sites for hydroxylation is 1. The Bertz CT molecular complexity index is 1770. The first-order valence-corrected chi connectivity index (χ1v) is 19.0. The third kappa shape index (κ3) is 6.88. The zero-order valence-electron chi connectivity index (χ0n) is 29.0. The molecule has 266 valence electrons. The van der Waals surface area contributed by atoms with Gasteiger partial charge in [0.15, 0.2) is 11.8 Å². The number of nitrogens with zero attached hydrogens (tertiary/aromatic N) is 2. The molecule has 0 radical (unpaired) electrons. The topological polar surface area (TPSA) is 169 Å². The van der Waals surface area contributed by atoms with Crippen LogP contribution in [0.2, 0.25) is 0 Å². The molecule has 0 bridgehead atoms. The Morgan fingerprint density at radius 1 is 1.16 bits per heavy atom. The average molecular weight is 698 g/mol. The van der Waals surface area contributed by atoms with Crippen molar-refractivity contribution in [2.75, 3.05) is 20.3 Å². The van der Waals surface area contributed by atoms with Gasteiger partial charge < -0.3 is 24.8 Å². The molecule has 13 heteroatoms. The number of amides is 2. The maximum Gasteiger partial charge on any atom is 0.281 e. The second-order valence-electron chi connectivity index (χ2n) is 14.4. The molecule has 49 heavy (non-hydrogen) atoms. The van der Waals surface area contributed by atoms with E-state index in [1.165, 1.54) is 0 Å². The Labute approximate surface area is 288 Å². The van der Waals surface area contributed by atoms with Gasteiger partial charge in [0.25, 0.3) is 5.91 Å². The number of rotatable bonds is 8. The van der Waals surface area contributed by atoms with E-state index in [0.29, 0.717) is 55.2 Å². The molecular formula is C36H49N4O8S+. The van der Waals surface area contributed by atoms with Gasteiger partial charge >= 0.3 is 0 Å². The first-order chi connectivity index (χ1) is 23.3. The minimum atomic E-state index is -3.89. The van der Waals surface area contributed by atoms with Crippen molar-refractivity contribution in [3.8, 4) is 17.4 Å². The molecular weight excluding hydrogens is 648 g/mol. The van der Waals surface area contributed by atoms with Gasteiger partial charge in [0.2, 0.25) is 21.8 Å². The maximum absolute atomic E-state index is 14.3. The largest absolute Gasteiger partial charge is 0.496 e. The number of allylic oxidation sites excluding steroid dienone is 2. The summed E-state index contributed by atoms with van der Waals surface area (Å²) in [6.07, 6.45) is 8.94. The number of sulfonamides is 1. The maximum atomic E-state index is 14.3. The van der Waals surface area contributed by atoms with Gasteiger partial charge in [-0.2, -0.15) is 0 Å². The highest BCUT2D eigenvalue weighted by atomic mass is 32.2. The molecule has 12 nitrogen and oxygen atoms in total. The number of Topliss-reactive ketones (excluding diaryl/α,β-unsaturated/α-hetero) is 1. The minimum absolute atomic E-state index is 0.166. The number of ether oxygens (including phenoxy) is 3. The molecule has 4 aliphatic rings. The molecule has 3 fully saturated rings. The average Bonchev–Trinajstić information content (AvgIpc) is 3.94. The Balaban J connectivity index is 1.30. The molecule has 2 aromatic rings. The Hall–Kier alpha value is -3.71. The number of hydrogen-bond donors (Lipinski definition) is 2. The van der Waals surface area contributed by atoms with Gasteiger partial charge in [0.1, 0.15) is 17.6 Å². The number of hydrogen-bond acceptors (Lipinski definition) is 9. The molecule has 1 aromatic carbocycles. The fourth-order valence-corrected chi connectivity index (χ4v) is 8.64. The molecule has 2 saturated carbocycles. The normalized spacial score (nSPS) is 29.2. The molecule has 5 atom stereocenters. The quantitative estimate of drug-likeness (QED) is 0.393. The summed E-state index contributed by atoms with van der Waals surface area (Å²) in [5.74, 6) is 0.177. The monoisotopic (exact) mass is 697 g/mol. The summed E-state index contributed by atoms with van der Waals surface area (Å²) in [6, 6.07) is 4.06. The molecule has 0 unspecified atom stereocenters. The lowest BCUT2D eigenvalue weighted by molar-refractivity contribution is -0.407. The van der Waals surface area contributed by atoms with Gasteiger partial charge in [-0.05, 0) is 77.3 Å². The van der Waals surface area contributed by atoms with Crippen molar-refractivity contribution in [2.24, 2.45) is 11.3 Å². The van der Waals surface area contributed by atoms with E-state index in [2.05, 4.69) is 15.4 Å². The molecule has 4 N–H and O–H groups in total. The molecule has 3 heterocycles. The van der Waals surface area contributed by atoms with Crippen LogP contribution in [0.5, 0.6) is 17.4 Å². The number of nitrogens with one attached hydrogen (secondary N) is 1. The van der Waals surface area contributed by atoms with Crippen LogP contribution in [0, 0.1) is 18.3 Å². The highest BCUT2D eigenvalue weighted by Crippen LogP contribution is 2.57. The SMILES string of the molecule is CCOc1cc(O[C@@H]2C[C@H]3C(=O)C[C@]4(C(=O)NS(=O)(=O)C5(C)CC5)C[C@@H]4/C=C\CCCCC[C@H]([NH3+])C(=O)N3C2)c2ccc(OC)c(C)c2n1. The molecule has 6 rings (SSSR count). The zero-order valence-corrected chi connectivity index (χ0v) is 29.8. The van der Waals surface area contributed by atoms with Gasteiger partial charge in [-0.25, -0.2) is 13.4 Å². The Morgan fingerprint density at radius 3 is 2.65 bits per heavy atom. The van der Waals surface area contributed by atoms with E-state index in [9.17, 15) is 22.8 Å². The van der Waals surface area contributed by atoms with Crippen LogP contribution in [0.15, 0.2) is 30.4 Å². The predicted octanol–water partition coefficient (Wildman–Crippen LogP) is 3.39. The Kier molecular flexibility index (Phi) is 9.71. The van der Waals surface area contributed by atoms with Crippen LogP contribution in [0.3, 0.4) is 0 Å². The van der Waals surface area contributed by atoms with E-state index in [4.69, 9.17) is 14.2 Å². The van der Waals surface area contributed by atoms with Crippen LogP contribution in [-0.4, -0.2) is 79.1 Å². The second kappa shape index (κ2) is 13.5. The Morgan fingerprint density at radius 2 is 1.94 bits per heavy atom. The van der Waals surface area contributed by atoms with E-state index in [1.54, 1.807) is 25.0 Å². The smallest absolute Gasteiger partial charge is 0.281 e. The lowest BCUT2D eigenvalue weighted by Crippen LogP contribution is -2.68. The van der Waals surface area contributed by atoms with Gasteiger partial charge in [-0.15, -0.1) is 0 Å². The van der Waals surface area contributed by atoms with Crippen molar-refractivity contribution in [2.45, 2.75) is 108 Å². The first-order valence-electron chi connectivity index (χ1n) is 17.5. The summed E-state index contributed by atoms with van der Waals surface area (Å²) in [7, 11) is -2.29. The van der Waals surface area contributed by atoms with Gasteiger partial charge in [0, 0.05) is 36.3 Å². The first kappa shape index (κ1) is 35.1. The summed E-state index contributed by atoms with van der Waals surface area (Å²) in [6.45, 7) is 5.98. The molecule has 2 aliphatic heterocycles. The number of carbonyl (C=O) groups is 3. The van der Waals surface area contributed by atoms with Gasteiger partial charge in [-0.1, -0.05) is 18.6 Å². The predicted molar refractivity (Wildman–Crippen MR) is 183 cm³/mol. The van der Waals surface area contributed by atoms with Crippen molar-refractivity contribution in [3.05, 3.63) is 35.9 Å². The van der Waals surface area contributed by atoms with Crippen molar-refractivity contribution in [3.63, 3.8) is 0 Å². The van der Waals surface area contributed by atoms with Crippen LogP contribution in [0.1, 0.15) is 83.6 Å². The van der Waals surface area contributed by atoms with Crippen LogP contribution >= 0.6 is 0 Å². The fraction of sp³-hybridized carbons (Fsp3) is 0.611. The summed E-state index contributed by atoms with van der Waals surface area (Å²) >= 11 is 0. The molecule has 2 aliphatic carbocycles. The lowest BCUT2D eigenvalue weighted by Gasteiger charge is -2.26. The number of carbonyl (C=O) groups excluding carboxylic acids is 3. The second-order valence-corrected chi connectivity index (χ2v) is 16.6. The van der Waals surface area contributed by atoms with Crippen molar-refractivity contribution in [1.82, 2.24) is 14.6 Å². The highest BCUT2D eigenvalue weighted by molar-refractivity contribution is 7.91. The molecule has 2 amide bonds. The van der Waals surface area contributed by atoms with E-state index < -0.39 is 44.3 Å². The number of quaternary nitrogens is 1. The number of ketones is 1. The van der Waals surface area contributed by atoms with Gasteiger partial charge in [-0.3, -0.25) is 19.1 Å². The van der Waals surface area contributed by atoms with Crippen molar-refractivity contribution in [1.29, 1.82) is 0 Å². The van der Waals surface area contributed by atoms with E-state index in [0.717, 1.165) is 36.6 Å². The third-order valence-corrected chi connectivity index (χ3v) is 13.1. The number of benzene rings is 1. The van der Waals surface area contributed by atoms with Crippen LogP contribution in [0.4, 0.5) is 0 Å². The molecule has 1 aromatic heterocycles. The van der Waals surface area contributed by atoms with Crippen LogP contribution in [-0.2, 0) is 24.4 Å². The van der Waals surface area contributed by atoms with Crippen LogP contribution < -0.4 is 24.7 Å². The third-order valence-electron chi connectivity index (χ3n) is 10.9. The number of methoxy groups -OCH3 is 1.